The number of anilines is 1. The van der Waals surface area contributed by atoms with Crippen LogP contribution in [0.3, 0.4) is 0 Å². The van der Waals surface area contributed by atoms with E-state index in [4.69, 9.17) is 5.26 Å². The van der Waals surface area contributed by atoms with Crippen LogP contribution in [0.5, 0.6) is 0 Å². The molecule has 10 heteroatoms. The van der Waals surface area contributed by atoms with E-state index >= 15 is 0 Å². The normalized spacial score (nSPS) is 18.1. The van der Waals surface area contributed by atoms with Crippen LogP contribution in [0.2, 0.25) is 0 Å². The number of hydrogen-bond acceptors (Lipinski definition) is 5. The second-order valence-corrected chi connectivity index (χ2v) is 7.58. The van der Waals surface area contributed by atoms with E-state index in [1.165, 1.54) is 18.7 Å². The van der Waals surface area contributed by atoms with Gasteiger partial charge >= 0.3 is 6.03 Å². The van der Waals surface area contributed by atoms with Gasteiger partial charge in [-0.05, 0) is 37.3 Å². The van der Waals surface area contributed by atoms with Crippen molar-refractivity contribution in [3.63, 3.8) is 0 Å². The molecule has 30 heavy (non-hydrogen) atoms. The van der Waals surface area contributed by atoms with E-state index in [0.717, 1.165) is 18.2 Å². The van der Waals surface area contributed by atoms with Gasteiger partial charge in [0.15, 0.2) is 0 Å². The highest BCUT2D eigenvalue weighted by Gasteiger charge is 2.50. The van der Waals surface area contributed by atoms with Gasteiger partial charge < -0.3 is 10.6 Å². The summed E-state index contributed by atoms with van der Waals surface area (Å²) in [6.07, 6.45) is 0. The highest BCUT2D eigenvalue weighted by atomic mass is 32.2. The number of thioether (sulfide) groups is 1. The molecular formula is C20H16F2N4O3S. The van der Waals surface area contributed by atoms with Gasteiger partial charge in [-0.25, -0.2) is 13.6 Å². The Morgan fingerprint density at radius 2 is 2.00 bits per heavy atom. The number of carbonyl (C=O) groups excluding carboxylic acids is 3. The molecule has 1 atom stereocenters. The van der Waals surface area contributed by atoms with Crippen LogP contribution < -0.4 is 10.6 Å². The summed E-state index contributed by atoms with van der Waals surface area (Å²) in [7, 11) is 0. The summed E-state index contributed by atoms with van der Waals surface area (Å²) in [4.78, 5) is 38.9. The van der Waals surface area contributed by atoms with E-state index in [2.05, 4.69) is 10.6 Å². The average Bonchev–Trinajstić information content (AvgIpc) is 2.93. The number of imide groups is 1. The van der Waals surface area contributed by atoms with E-state index in [1.54, 1.807) is 24.3 Å². The van der Waals surface area contributed by atoms with Gasteiger partial charge in [-0.3, -0.25) is 14.5 Å². The first-order valence-corrected chi connectivity index (χ1v) is 9.73. The second-order valence-electron chi connectivity index (χ2n) is 6.56. The minimum Gasteiger partial charge on any atom is -0.324 e. The first kappa shape index (κ1) is 21.3. The number of nitrogens with one attached hydrogen (secondary N) is 2. The molecule has 3 rings (SSSR count). The van der Waals surface area contributed by atoms with Gasteiger partial charge in [0.25, 0.3) is 5.91 Å². The van der Waals surface area contributed by atoms with Crippen molar-refractivity contribution >= 4 is 35.3 Å². The molecule has 1 heterocycles. The fourth-order valence-corrected chi connectivity index (χ4v) is 3.71. The maximum Gasteiger partial charge on any atom is 0.325 e. The SMILES string of the molecule is CC1(c2cc(F)ccc2F)NC(=O)N(CC(=O)Nc2ccccc2SCC#N)C1=O. The molecule has 0 radical (unpaired) electrons. The molecule has 1 unspecified atom stereocenters. The van der Waals surface area contributed by atoms with Gasteiger partial charge in [0, 0.05) is 10.5 Å². The number of carbonyl (C=O) groups is 3. The molecule has 2 N–H and O–H groups in total. The number of amides is 4. The zero-order valence-corrected chi connectivity index (χ0v) is 16.6. The Bertz CT molecular complexity index is 1070. The molecular weight excluding hydrogens is 414 g/mol. The summed E-state index contributed by atoms with van der Waals surface area (Å²) in [5.74, 6) is -2.98. The van der Waals surface area contributed by atoms with Crippen molar-refractivity contribution in [3.05, 3.63) is 59.7 Å². The lowest BCUT2D eigenvalue weighted by atomic mass is 9.91. The summed E-state index contributed by atoms with van der Waals surface area (Å²) in [5, 5.41) is 13.7. The molecule has 2 aromatic carbocycles. The van der Waals surface area contributed by atoms with Gasteiger partial charge in [-0.2, -0.15) is 5.26 Å². The quantitative estimate of drug-likeness (QED) is 0.542. The van der Waals surface area contributed by atoms with Gasteiger partial charge in [-0.1, -0.05) is 12.1 Å². The Balaban J connectivity index is 1.77. The van der Waals surface area contributed by atoms with Crippen LogP contribution in [-0.2, 0) is 15.1 Å². The molecule has 0 aliphatic carbocycles. The van der Waals surface area contributed by atoms with E-state index in [-0.39, 0.29) is 11.3 Å². The molecule has 0 saturated carbocycles. The highest BCUT2D eigenvalue weighted by Crippen LogP contribution is 2.31. The molecule has 0 bridgehead atoms. The smallest absolute Gasteiger partial charge is 0.324 e. The number of nitrogens with zero attached hydrogens (tertiary/aromatic N) is 2. The van der Waals surface area contributed by atoms with Crippen LogP contribution in [-0.4, -0.2) is 35.0 Å². The van der Waals surface area contributed by atoms with Crippen LogP contribution >= 0.6 is 11.8 Å². The van der Waals surface area contributed by atoms with Crippen LogP contribution in [0.1, 0.15) is 12.5 Å². The zero-order chi connectivity index (χ0) is 21.9. The van der Waals surface area contributed by atoms with Crippen LogP contribution in [0.4, 0.5) is 19.3 Å². The van der Waals surface area contributed by atoms with Crippen molar-refractivity contribution in [1.29, 1.82) is 5.26 Å². The van der Waals surface area contributed by atoms with Crippen molar-refractivity contribution in [1.82, 2.24) is 10.2 Å². The van der Waals surface area contributed by atoms with Crippen molar-refractivity contribution in [2.24, 2.45) is 0 Å². The largest absolute Gasteiger partial charge is 0.325 e. The van der Waals surface area contributed by atoms with Gasteiger partial charge in [-0.15, -0.1) is 11.8 Å². The third-order valence-corrected chi connectivity index (χ3v) is 5.44. The maximum atomic E-state index is 14.2. The number of hydrogen-bond donors (Lipinski definition) is 2. The Morgan fingerprint density at radius 3 is 2.73 bits per heavy atom. The van der Waals surface area contributed by atoms with Crippen molar-refractivity contribution in [3.8, 4) is 6.07 Å². The molecule has 1 saturated heterocycles. The molecule has 1 fully saturated rings. The molecule has 1 aliphatic rings. The van der Waals surface area contributed by atoms with Crippen LogP contribution in [0.15, 0.2) is 47.4 Å². The molecule has 0 aromatic heterocycles. The summed E-state index contributed by atoms with van der Waals surface area (Å²) >= 11 is 1.22. The number of para-hydroxylation sites is 1. The summed E-state index contributed by atoms with van der Waals surface area (Å²) in [6.45, 7) is 0.630. The lowest BCUT2D eigenvalue weighted by Crippen LogP contribution is -2.42. The van der Waals surface area contributed by atoms with Crippen molar-refractivity contribution < 1.29 is 23.2 Å². The number of benzene rings is 2. The van der Waals surface area contributed by atoms with E-state index in [1.807, 2.05) is 6.07 Å². The van der Waals surface area contributed by atoms with Gasteiger partial charge in [0.2, 0.25) is 5.91 Å². The molecule has 154 valence electrons. The monoisotopic (exact) mass is 430 g/mol. The number of rotatable bonds is 6. The van der Waals surface area contributed by atoms with Crippen molar-refractivity contribution in [2.45, 2.75) is 17.4 Å². The predicted molar refractivity (Wildman–Crippen MR) is 105 cm³/mol. The third kappa shape index (κ3) is 4.11. The van der Waals surface area contributed by atoms with Gasteiger partial charge in [0.05, 0.1) is 17.5 Å². The van der Waals surface area contributed by atoms with Crippen LogP contribution in [0.25, 0.3) is 0 Å². The number of halogens is 2. The van der Waals surface area contributed by atoms with Crippen molar-refractivity contribution in [2.75, 3.05) is 17.6 Å². The fraction of sp³-hybridized carbons (Fsp3) is 0.200. The lowest BCUT2D eigenvalue weighted by molar-refractivity contribution is -0.133. The topological polar surface area (TPSA) is 102 Å². The first-order chi connectivity index (χ1) is 14.3. The highest BCUT2D eigenvalue weighted by molar-refractivity contribution is 7.99. The standard InChI is InChI=1S/C20H16F2N4O3S/c1-20(13-10-12(21)6-7-14(13)22)18(28)26(19(29)25-20)11-17(27)24-15-4-2-3-5-16(15)30-9-8-23/h2-7,10H,9,11H2,1H3,(H,24,27)(H,25,29). The van der Waals surface area contributed by atoms with Gasteiger partial charge in [0.1, 0.15) is 23.7 Å². The van der Waals surface area contributed by atoms with E-state index in [0.29, 0.717) is 15.5 Å². The summed E-state index contributed by atoms with van der Waals surface area (Å²) in [6, 6.07) is 10.5. The predicted octanol–water partition coefficient (Wildman–Crippen LogP) is 2.99. The molecule has 7 nitrogen and oxygen atoms in total. The number of urea groups is 1. The number of nitriles is 1. The maximum absolute atomic E-state index is 14.2. The van der Waals surface area contributed by atoms with Crippen LogP contribution in [0, 0.1) is 23.0 Å². The fourth-order valence-electron chi connectivity index (χ4n) is 3.04. The average molecular weight is 430 g/mol. The Kier molecular flexibility index (Phi) is 6.03. The summed E-state index contributed by atoms with van der Waals surface area (Å²) < 4.78 is 27.8. The minimum atomic E-state index is -1.84. The third-order valence-electron chi connectivity index (χ3n) is 4.50. The Hall–Kier alpha value is -3.45. The Labute approximate surface area is 175 Å². The second kappa shape index (κ2) is 8.51. The summed E-state index contributed by atoms with van der Waals surface area (Å²) in [5.41, 5.74) is -1.75. The zero-order valence-electron chi connectivity index (χ0n) is 15.7. The molecule has 1 aliphatic heterocycles. The lowest BCUT2D eigenvalue weighted by Gasteiger charge is -2.22. The minimum absolute atomic E-state index is 0.178. The molecule has 4 amide bonds. The van der Waals surface area contributed by atoms with E-state index in [9.17, 15) is 23.2 Å². The Morgan fingerprint density at radius 1 is 1.27 bits per heavy atom. The molecule has 0 spiro atoms. The first-order valence-electron chi connectivity index (χ1n) is 8.74. The molecule has 2 aromatic rings. The van der Waals surface area contributed by atoms with E-state index < -0.39 is 41.6 Å².